The fourth-order valence-corrected chi connectivity index (χ4v) is 0. The van der Waals surface area contributed by atoms with Gasteiger partial charge in [0, 0.05) is 0 Å². The normalized spacial score (nSPS) is 1.20. The molecular weight excluding hydrogens is 200 g/mol. The van der Waals surface area contributed by atoms with Gasteiger partial charge in [0.05, 0.1) is 0 Å². The number of hydrogen-bond acceptors (Lipinski definition) is 2. The van der Waals surface area contributed by atoms with Crippen LogP contribution in [0.25, 0.3) is 0 Å². The second kappa shape index (κ2) is 69.0. The summed E-state index contributed by atoms with van der Waals surface area (Å²) in [4.78, 5) is 0. The summed E-state index contributed by atoms with van der Waals surface area (Å²) in [6.07, 6.45) is 0. The van der Waals surface area contributed by atoms with Crippen LogP contribution in [0.5, 0.6) is 0 Å². The monoisotopic (exact) mass is 204 g/mol. The Bertz CT molecular complexity index is 7.61. The largest absolute Gasteiger partial charge is 2.00 e. The molecule has 0 heterocycles. The van der Waals surface area contributed by atoms with Gasteiger partial charge < -0.3 is 24.8 Å². The van der Waals surface area contributed by atoms with Crippen LogP contribution in [-0.2, 0) is 19.5 Å². The van der Waals surface area contributed by atoms with Crippen LogP contribution in [-0.4, -0.2) is 0 Å². The van der Waals surface area contributed by atoms with Gasteiger partial charge in [-0.1, -0.05) is 0 Å². The van der Waals surface area contributed by atoms with E-state index in [1.165, 1.54) is 0 Å². The summed E-state index contributed by atoms with van der Waals surface area (Å²) in [5.74, 6) is 8.00. The van der Waals surface area contributed by atoms with E-state index < -0.39 is 0 Å². The third-order valence-corrected chi connectivity index (χ3v) is 0. The van der Waals surface area contributed by atoms with Gasteiger partial charge in [-0.25, -0.2) is 0 Å². The molecule has 0 amide bonds. The molecule has 0 aromatic heterocycles. The summed E-state index contributed by atoms with van der Waals surface area (Å²) in [6, 6.07) is 0. The third-order valence-electron chi connectivity index (χ3n) is 0. The molecule has 0 saturated carbocycles. The second-order valence-corrected chi connectivity index (χ2v) is 0. The van der Waals surface area contributed by atoms with Crippen LogP contribution in [0.3, 0.4) is 0 Å². The van der Waals surface area contributed by atoms with Crippen molar-refractivity contribution in [2.75, 3.05) is 0 Å². The van der Waals surface area contributed by atoms with Crippen LogP contribution >= 0.6 is 0 Å². The Hall–Kier alpha value is 1.12. The molecule has 0 spiro atoms. The number of rotatable bonds is 0. The van der Waals surface area contributed by atoms with Gasteiger partial charge in [-0.2, -0.15) is 0 Å². The zero-order valence-electron chi connectivity index (χ0n) is 2.26. The Morgan fingerprint density at radius 2 is 0.800 bits per heavy atom. The van der Waals surface area contributed by atoms with Gasteiger partial charge in [0.2, 0.25) is 0 Å². The number of hydrogen-bond donors (Lipinski definition) is 2. The molecule has 0 atom stereocenters. The molecule has 0 rings (SSSR count). The molecule has 0 bridgehead atoms. The van der Waals surface area contributed by atoms with Crippen molar-refractivity contribution in [3.8, 4) is 0 Å². The van der Waals surface area contributed by atoms with Crippen molar-refractivity contribution >= 4 is 0 Å². The molecule has 5 heteroatoms. The third kappa shape index (κ3) is 39.6. The van der Waals surface area contributed by atoms with Gasteiger partial charge in [-0.3, -0.25) is 11.7 Å². The zero-order chi connectivity index (χ0) is 2.00. The van der Waals surface area contributed by atoms with Gasteiger partial charge in [0.15, 0.2) is 0 Å². The Morgan fingerprint density at radius 1 is 0.800 bits per heavy atom. The van der Waals surface area contributed by atoms with Crippen molar-refractivity contribution in [3.63, 3.8) is 0 Å². The molecule has 0 aromatic rings. The molecule has 0 aliphatic heterocycles. The molecule has 0 unspecified atom stereocenters. The van der Waals surface area contributed by atoms with E-state index >= 15 is 0 Å². The predicted octanol–water partition coefficient (Wildman–Crippen LogP) is -7.18. The first-order valence-corrected chi connectivity index (χ1v) is 0.333. The fourth-order valence-electron chi connectivity index (χ4n) is 0. The van der Waals surface area contributed by atoms with Gasteiger partial charge in [-0.15, -0.1) is 0 Å². The first kappa shape index (κ1) is 35.6. The molecule has 0 fully saturated rings. The van der Waals surface area contributed by atoms with E-state index in [1.54, 1.807) is 0 Å². The van der Waals surface area contributed by atoms with Crippen molar-refractivity contribution in [2.24, 2.45) is 11.7 Å². The summed E-state index contributed by atoms with van der Waals surface area (Å²) < 4.78 is 0. The maximum Gasteiger partial charge on any atom is 2.00 e. The van der Waals surface area contributed by atoms with Crippen molar-refractivity contribution in [1.29, 1.82) is 0 Å². The molecular formula is H4Cl2N2Ru. The minimum absolute atomic E-state index is 0. The van der Waals surface area contributed by atoms with E-state index in [9.17, 15) is 0 Å². The summed E-state index contributed by atoms with van der Waals surface area (Å²) in [5.41, 5.74) is 0. The van der Waals surface area contributed by atoms with Crippen molar-refractivity contribution in [2.45, 2.75) is 0 Å². The Kier molecular flexibility index (Phi) is 492. The van der Waals surface area contributed by atoms with Gasteiger partial charge in [0.25, 0.3) is 0 Å². The molecule has 4 N–H and O–H groups in total. The van der Waals surface area contributed by atoms with Crippen molar-refractivity contribution in [3.05, 3.63) is 0 Å². The van der Waals surface area contributed by atoms with Crippen LogP contribution in [0.2, 0.25) is 0 Å². The molecule has 0 aromatic carbocycles. The predicted molar refractivity (Wildman–Crippen MR) is 8.37 cm³/mol. The molecule has 0 aliphatic carbocycles. The fraction of sp³-hybridized carbons (Fsp3) is 0. The van der Waals surface area contributed by atoms with E-state index in [2.05, 4.69) is 11.7 Å². The second-order valence-electron chi connectivity index (χ2n) is 0. The average molecular weight is 204 g/mol. The SMILES string of the molecule is NN.[Cl-].[Cl-].[Ru+2]. The van der Waals surface area contributed by atoms with E-state index in [4.69, 9.17) is 0 Å². The van der Waals surface area contributed by atoms with E-state index in [-0.39, 0.29) is 44.3 Å². The summed E-state index contributed by atoms with van der Waals surface area (Å²) in [5, 5.41) is 0. The van der Waals surface area contributed by atoms with Crippen LogP contribution in [0.4, 0.5) is 0 Å². The first-order valence-electron chi connectivity index (χ1n) is 0.333. The number of hydrazine groups is 1. The maximum atomic E-state index is 4.00. The van der Waals surface area contributed by atoms with E-state index in [1.807, 2.05) is 0 Å². The minimum atomic E-state index is 0. The van der Waals surface area contributed by atoms with Gasteiger partial charge >= 0.3 is 19.5 Å². The summed E-state index contributed by atoms with van der Waals surface area (Å²) in [7, 11) is 0. The molecule has 36 valence electrons. The standard InChI is InChI=1S/2ClH.H4N2.Ru/c;;1-2;/h2*1H;1-2H2;/q;;;+2/p-2. The van der Waals surface area contributed by atoms with Crippen LogP contribution in [0.1, 0.15) is 0 Å². The molecule has 0 saturated heterocycles. The van der Waals surface area contributed by atoms with Gasteiger partial charge in [-0.05, 0) is 0 Å². The molecule has 2 nitrogen and oxygen atoms in total. The zero-order valence-corrected chi connectivity index (χ0v) is 5.51. The molecule has 0 aliphatic rings. The summed E-state index contributed by atoms with van der Waals surface area (Å²) >= 11 is 0. The average Bonchev–Trinajstić information content (AvgIpc) is 1.00. The molecule has 5 heavy (non-hydrogen) atoms. The Balaban J connectivity index is -0.00000000167. The minimum Gasteiger partial charge on any atom is -1.00 e. The summed E-state index contributed by atoms with van der Waals surface area (Å²) in [6.45, 7) is 0. The topological polar surface area (TPSA) is 52.0 Å². The van der Waals surface area contributed by atoms with Gasteiger partial charge in [0.1, 0.15) is 0 Å². The van der Waals surface area contributed by atoms with Crippen LogP contribution in [0.15, 0.2) is 0 Å². The first-order chi connectivity index (χ1) is 1.00. The Labute approximate surface area is 56.2 Å². The quantitative estimate of drug-likeness (QED) is 0.234. The number of halogens is 2. The van der Waals surface area contributed by atoms with E-state index in [0.717, 1.165) is 0 Å². The van der Waals surface area contributed by atoms with Crippen molar-refractivity contribution < 1.29 is 44.3 Å². The van der Waals surface area contributed by atoms with Crippen LogP contribution in [0, 0.1) is 0 Å². The number of nitrogens with two attached hydrogens (primary N) is 2. The van der Waals surface area contributed by atoms with Crippen molar-refractivity contribution in [1.82, 2.24) is 0 Å². The maximum absolute atomic E-state index is 4.00. The Morgan fingerprint density at radius 3 is 0.800 bits per heavy atom. The molecule has 0 radical (unpaired) electrons. The van der Waals surface area contributed by atoms with Crippen LogP contribution < -0.4 is 36.5 Å². The van der Waals surface area contributed by atoms with E-state index in [0.29, 0.717) is 0 Å². The smallest absolute Gasteiger partial charge is 1.00 e.